The highest BCUT2D eigenvalue weighted by atomic mass is 16.6. The number of hydrogen-bond acceptors (Lipinski definition) is 4. The third-order valence-electron chi connectivity index (χ3n) is 3.03. The van der Waals surface area contributed by atoms with E-state index < -0.39 is 11.6 Å². The zero-order valence-corrected chi connectivity index (χ0v) is 10.5. The van der Waals surface area contributed by atoms with Crippen LogP contribution < -0.4 is 15.2 Å². The fourth-order valence-corrected chi connectivity index (χ4v) is 1.92. The van der Waals surface area contributed by atoms with E-state index in [4.69, 9.17) is 15.2 Å². The molecule has 0 saturated carbocycles. The summed E-state index contributed by atoms with van der Waals surface area (Å²) in [6.07, 6.45) is 0. The number of benzene rings is 1. The highest BCUT2D eigenvalue weighted by Gasteiger charge is 2.27. The van der Waals surface area contributed by atoms with Gasteiger partial charge in [-0.2, -0.15) is 0 Å². The van der Waals surface area contributed by atoms with Crippen molar-refractivity contribution < 1.29 is 14.6 Å². The second-order valence-electron chi connectivity index (χ2n) is 4.98. The number of nitrogens with two attached hydrogens (primary N) is 1. The Labute approximate surface area is 101 Å². The summed E-state index contributed by atoms with van der Waals surface area (Å²) in [6.45, 7) is 6.48. The topological polar surface area (TPSA) is 64.7 Å². The van der Waals surface area contributed by atoms with Crippen molar-refractivity contribution in [1.29, 1.82) is 0 Å². The highest BCUT2D eigenvalue weighted by Crippen LogP contribution is 2.36. The molecule has 1 aromatic rings. The SMILES string of the molecule is Cc1cc2c(cc1C(N)C(C)(C)O)OCCO2. The van der Waals surface area contributed by atoms with Crippen LogP contribution in [-0.4, -0.2) is 23.9 Å². The van der Waals surface area contributed by atoms with Gasteiger partial charge < -0.3 is 20.3 Å². The zero-order valence-electron chi connectivity index (χ0n) is 10.5. The summed E-state index contributed by atoms with van der Waals surface area (Å²) in [7, 11) is 0. The summed E-state index contributed by atoms with van der Waals surface area (Å²) in [5, 5.41) is 9.97. The number of fused-ring (bicyclic) bond motifs is 1. The van der Waals surface area contributed by atoms with Crippen molar-refractivity contribution in [2.45, 2.75) is 32.4 Å². The molecule has 0 saturated heterocycles. The van der Waals surface area contributed by atoms with Crippen LogP contribution in [0.3, 0.4) is 0 Å². The van der Waals surface area contributed by atoms with E-state index in [-0.39, 0.29) is 0 Å². The van der Waals surface area contributed by atoms with Gasteiger partial charge in [-0.3, -0.25) is 0 Å². The molecule has 1 unspecified atom stereocenters. The van der Waals surface area contributed by atoms with Crippen LogP contribution >= 0.6 is 0 Å². The first-order valence-corrected chi connectivity index (χ1v) is 5.77. The molecule has 0 radical (unpaired) electrons. The van der Waals surface area contributed by atoms with Gasteiger partial charge in [-0.1, -0.05) is 0 Å². The third-order valence-corrected chi connectivity index (χ3v) is 3.03. The predicted molar refractivity (Wildman–Crippen MR) is 65.4 cm³/mol. The van der Waals surface area contributed by atoms with Crippen molar-refractivity contribution in [3.05, 3.63) is 23.3 Å². The van der Waals surface area contributed by atoms with Crippen LogP contribution in [-0.2, 0) is 0 Å². The van der Waals surface area contributed by atoms with Gasteiger partial charge in [0.15, 0.2) is 11.5 Å². The molecule has 3 N–H and O–H groups in total. The number of aryl methyl sites for hydroxylation is 1. The van der Waals surface area contributed by atoms with E-state index >= 15 is 0 Å². The van der Waals surface area contributed by atoms with Crippen LogP contribution in [0.1, 0.15) is 31.0 Å². The minimum Gasteiger partial charge on any atom is -0.486 e. The smallest absolute Gasteiger partial charge is 0.161 e. The molecule has 1 atom stereocenters. The Morgan fingerprint density at radius 3 is 2.29 bits per heavy atom. The molecule has 1 aliphatic rings. The average molecular weight is 237 g/mol. The number of ether oxygens (including phenoxy) is 2. The summed E-state index contributed by atoms with van der Waals surface area (Å²) in [5.74, 6) is 1.46. The largest absolute Gasteiger partial charge is 0.486 e. The van der Waals surface area contributed by atoms with Crippen molar-refractivity contribution >= 4 is 0 Å². The molecule has 1 aliphatic heterocycles. The highest BCUT2D eigenvalue weighted by molar-refractivity contribution is 5.49. The molecule has 0 aromatic heterocycles. The maximum absolute atomic E-state index is 9.97. The quantitative estimate of drug-likeness (QED) is 0.819. The molecule has 4 heteroatoms. The summed E-state index contributed by atoms with van der Waals surface area (Å²) in [5.41, 5.74) is 6.99. The molecule has 94 valence electrons. The van der Waals surface area contributed by atoms with E-state index in [0.717, 1.165) is 16.9 Å². The zero-order chi connectivity index (χ0) is 12.6. The van der Waals surface area contributed by atoms with E-state index in [1.165, 1.54) is 0 Å². The molecule has 1 aromatic carbocycles. The lowest BCUT2D eigenvalue weighted by molar-refractivity contribution is 0.0513. The average Bonchev–Trinajstić information content (AvgIpc) is 2.26. The predicted octanol–water partition coefficient (Wildman–Crippen LogP) is 1.54. The summed E-state index contributed by atoms with van der Waals surface area (Å²) < 4.78 is 11.0. The van der Waals surface area contributed by atoms with Crippen LogP contribution in [0.2, 0.25) is 0 Å². The molecule has 1 heterocycles. The second-order valence-corrected chi connectivity index (χ2v) is 4.98. The van der Waals surface area contributed by atoms with Crippen molar-refractivity contribution in [2.75, 3.05) is 13.2 Å². The first-order valence-electron chi connectivity index (χ1n) is 5.77. The van der Waals surface area contributed by atoms with E-state index in [0.29, 0.717) is 19.0 Å². The van der Waals surface area contributed by atoms with Gasteiger partial charge in [-0.15, -0.1) is 0 Å². The summed E-state index contributed by atoms with van der Waals surface area (Å²) >= 11 is 0. The van der Waals surface area contributed by atoms with Crippen molar-refractivity contribution in [3.8, 4) is 11.5 Å². The van der Waals surface area contributed by atoms with E-state index in [2.05, 4.69) is 0 Å². The molecular formula is C13H19NO3. The molecule has 2 rings (SSSR count). The minimum atomic E-state index is -0.964. The van der Waals surface area contributed by atoms with Gasteiger partial charge in [0.1, 0.15) is 13.2 Å². The van der Waals surface area contributed by atoms with Gasteiger partial charge in [-0.25, -0.2) is 0 Å². The summed E-state index contributed by atoms with van der Waals surface area (Å²) in [6, 6.07) is 3.33. The Morgan fingerprint density at radius 1 is 1.24 bits per heavy atom. The molecule has 17 heavy (non-hydrogen) atoms. The Morgan fingerprint density at radius 2 is 1.76 bits per heavy atom. The second kappa shape index (κ2) is 4.20. The number of rotatable bonds is 2. The number of aliphatic hydroxyl groups is 1. The fourth-order valence-electron chi connectivity index (χ4n) is 1.92. The normalized spacial score (nSPS) is 16.8. The van der Waals surface area contributed by atoms with Crippen LogP contribution in [0.25, 0.3) is 0 Å². The van der Waals surface area contributed by atoms with Gasteiger partial charge in [0.2, 0.25) is 0 Å². The first kappa shape index (κ1) is 12.2. The Kier molecular flexibility index (Phi) is 3.02. The maximum Gasteiger partial charge on any atom is 0.161 e. The van der Waals surface area contributed by atoms with Crippen molar-refractivity contribution in [2.24, 2.45) is 5.73 Å². The van der Waals surface area contributed by atoms with E-state index in [9.17, 15) is 5.11 Å². The van der Waals surface area contributed by atoms with Gasteiger partial charge in [0, 0.05) is 0 Å². The molecule has 0 fully saturated rings. The fraction of sp³-hybridized carbons (Fsp3) is 0.538. The van der Waals surface area contributed by atoms with Crippen molar-refractivity contribution in [3.63, 3.8) is 0 Å². The van der Waals surface area contributed by atoms with Crippen LogP contribution in [0.5, 0.6) is 11.5 Å². The lowest BCUT2D eigenvalue weighted by Gasteiger charge is -2.29. The van der Waals surface area contributed by atoms with Crippen LogP contribution in [0.4, 0.5) is 0 Å². The Balaban J connectivity index is 2.41. The lowest BCUT2D eigenvalue weighted by Crippen LogP contribution is -2.35. The van der Waals surface area contributed by atoms with E-state index in [1.54, 1.807) is 13.8 Å². The van der Waals surface area contributed by atoms with Gasteiger partial charge in [0.05, 0.1) is 11.6 Å². The maximum atomic E-state index is 9.97. The van der Waals surface area contributed by atoms with E-state index in [1.807, 2.05) is 19.1 Å². The molecular weight excluding hydrogens is 218 g/mol. The summed E-state index contributed by atoms with van der Waals surface area (Å²) in [4.78, 5) is 0. The molecule has 0 amide bonds. The van der Waals surface area contributed by atoms with Gasteiger partial charge in [-0.05, 0) is 44.0 Å². The third kappa shape index (κ3) is 2.37. The molecule has 4 nitrogen and oxygen atoms in total. The Bertz CT molecular complexity index is 423. The lowest BCUT2D eigenvalue weighted by atomic mass is 9.89. The van der Waals surface area contributed by atoms with Crippen molar-refractivity contribution in [1.82, 2.24) is 0 Å². The minimum absolute atomic E-state index is 0.446. The first-order chi connectivity index (χ1) is 7.89. The van der Waals surface area contributed by atoms with Crippen LogP contribution in [0.15, 0.2) is 12.1 Å². The Hall–Kier alpha value is -1.26. The monoisotopic (exact) mass is 237 g/mol. The molecule has 0 bridgehead atoms. The van der Waals surface area contributed by atoms with Gasteiger partial charge >= 0.3 is 0 Å². The van der Waals surface area contributed by atoms with Crippen LogP contribution in [0, 0.1) is 6.92 Å². The standard InChI is InChI=1S/C13H19NO3/c1-8-6-10-11(17-5-4-16-10)7-9(8)12(14)13(2,3)15/h6-7,12,15H,4-5,14H2,1-3H3. The number of hydrogen-bond donors (Lipinski definition) is 2. The van der Waals surface area contributed by atoms with Gasteiger partial charge in [0.25, 0.3) is 0 Å². The molecule has 0 aliphatic carbocycles. The molecule has 0 spiro atoms.